The van der Waals surface area contributed by atoms with E-state index in [2.05, 4.69) is 17.4 Å². The van der Waals surface area contributed by atoms with Gasteiger partial charge in [0.2, 0.25) is 5.91 Å². The lowest BCUT2D eigenvalue weighted by Crippen LogP contribution is -2.24. The van der Waals surface area contributed by atoms with E-state index in [-0.39, 0.29) is 5.91 Å². The maximum atomic E-state index is 12.0. The molecule has 0 radical (unpaired) electrons. The first kappa shape index (κ1) is 19.2. The topological polar surface area (TPSA) is 47.6 Å². The number of hydrogen-bond acceptors (Lipinski definition) is 4. The summed E-state index contributed by atoms with van der Waals surface area (Å²) in [5, 5.41) is 2.98. The Hall–Kier alpha value is -2.14. The average Bonchev–Trinajstić information content (AvgIpc) is 2.66. The van der Waals surface area contributed by atoms with Crippen molar-refractivity contribution in [3.63, 3.8) is 0 Å². The Bertz CT molecular complexity index is 661. The SMILES string of the molecule is COc1ccc(CCC(=O)NCCCSc2ccccc2)cc1OC. The van der Waals surface area contributed by atoms with Crippen molar-refractivity contribution >= 4 is 17.7 Å². The molecule has 0 bridgehead atoms. The van der Waals surface area contributed by atoms with Crippen LogP contribution in [0.4, 0.5) is 0 Å². The molecule has 4 nitrogen and oxygen atoms in total. The summed E-state index contributed by atoms with van der Waals surface area (Å²) in [7, 11) is 3.23. The largest absolute Gasteiger partial charge is 0.493 e. The van der Waals surface area contributed by atoms with E-state index in [1.165, 1.54) is 4.90 Å². The summed E-state index contributed by atoms with van der Waals surface area (Å²) in [5.41, 5.74) is 1.06. The summed E-state index contributed by atoms with van der Waals surface area (Å²) < 4.78 is 10.5. The highest BCUT2D eigenvalue weighted by atomic mass is 32.2. The average molecular weight is 359 g/mol. The zero-order chi connectivity index (χ0) is 17.9. The third-order valence-corrected chi connectivity index (χ3v) is 4.84. The van der Waals surface area contributed by atoms with Crippen LogP contribution in [0.2, 0.25) is 0 Å². The summed E-state index contributed by atoms with van der Waals surface area (Å²) in [5.74, 6) is 2.48. The molecule has 0 aliphatic heterocycles. The minimum absolute atomic E-state index is 0.0829. The number of ether oxygens (including phenoxy) is 2. The molecule has 0 aliphatic carbocycles. The van der Waals surface area contributed by atoms with Gasteiger partial charge >= 0.3 is 0 Å². The minimum Gasteiger partial charge on any atom is -0.493 e. The second-order valence-electron chi connectivity index (χ2n) is 5.55. The molecule has 0 saturated carbocycles. The molecule has 0 fully saturated rings. The van der Waals surface area contributed by atoms with Gasteiger partial charge in [-0.1, -0.05) is 24.3 Å². The number of rotatable bonds is 10. The third kappa shape index (κ3) is 6.70. The Labute approximate surface area is 153 Å². The molecule has 0 saturated heterocycles. The first-order valence-corrected chi connectivity index (χ1v) is 9.37. The van der Waals surface area contributed by atoms with Gasteiger partial charge in [0.15, 0.2) is 11.5 Å². The van der Waals surface area contributed by atoms with Crippen LogP contribution in [-0.4, -0.2) is 32.4 Å². The standard InChI is InChI=1S/C20H25NO3S/c1-23-18-11-9-16(15-19(18)24-2)10-12-20(22)21-13-6-14-25-17-7-4-3-5-8-17/h3-5,7-9,11,15H,6,10,12-14H2,1-2H3,(H,21,22). The van der Waals surface area contributed by atoms with Gasteiger partial charge in [-0.3, -0.25) is 4.79 Å². The van der Waals surface area contributed by atoms with E-state index in [1.54, 1.807) is 14.2 Å². The number of nitrogens with one attached hydrogen (secondary N) is 1. The molecular weight excluding hydrogens is 334 g/mol. The predicted molar refractivity (Wildman–Crippen MR) is 103 cm³/mol. The van der Waals surface area contributed by atoms with Crippen LogP contribution in [-0.2, 0) is 11.2 Å². The van der Waals surface area contributed by atoms with E-state index in [4.69, 9.17) is 9.47 Å². The number of amides is 1. The lowest BCUT2D eigenvalue weighted by Gasteiger charge is -2.10. The van der Waals surface area contributed by atoms with Gasteiger partial charge in [0.05, 0.1) is 14.2 Å². The van der Waals surface area contributed by atoms with Crippen molar-refractivity contribution in [3.8, 4) is 11.5 Å². The molecule has 1 amide bonds. The van der Waals surface area contributed by atoms with E-state index in [0.29, 0.717) is 30.9 Å². The van der Waals surface area contributed by atoms with Crippen LogP contribution in [0.15, 0.2) is 53.4 Å². The Morgan fingerprint density at radius 3 is 2.52 bits per heavy atom. The molecule has 0 heterocycles. The number of hydrogen-bond donors (Lipinski definition) is 1. The van der Waals surface area contributed by atoms with E-state index >= 15 is 0 Å². The number of carbonyl (C=O) groups excluding carboxylic acids is 1. The van der Waals surface area contributed by atoms with Crippen LogP contribution in [0.5, 0.6) is 11.5 Å². The fourth-order valence-corrected chi connectivity index (χ4v) is 3.26. The van der Waals surface area contributed by atoms with Gasteiger partial charge in [0.1, 0.15) is 0 Å². The highest BCUT2D eigenvalue weighted by Gasteiger charge is 2.06. The van der Waals surface area contributed by atoms with Crippen LogP contribution in [0.25, 0.3) is 0 Å². The Morgan fingerprint density at radius 2 is 1.80 bits per heavy atom. The molecule has 0 aliphatic rings. The molecule has 0 spiro atoms. The molecule has 0 unspecified atom stereocenters. The van der Waals surface area contributed by atoms with Crippen LogP contribution in [0.1, 0.15) is 18.4 Å². The van der Waals surface area contributed by atoms with Crippen molar-refractivity contribution in [2.24, 2.45) is 0 Å². The van der Waals surface area contributed by atoms with E-state index in [9.17, 15) is 4.79 Å². The highest BCUT2D eigenvalue weighted by Crippen LogP contribution is 2.27. The molecule has 5 heteroatoms. The zero-order valence-electron chi connectivity index (χ0n) is 14.8. The number of benzene rings is 2. The van der Waals surface area contributed by atoms with Crippen LogP contribution >= 0.6 is 11.8 Å². The monoisotopic (exact) mass is 359 g/mol. The molecule has 25 heavy (non-hydrogen) atoms. The number of carbonyl (C=O) groups is 1. The Morgan fingerprint density at radius 1 is 1.04 bits per heavy atom. The van der Waals surface area contributed by atoms with E-state index in [0.717, 1.165) is 17.7 Å². The summed E-state index contributed by atoms with van der Waals surface area (Å²) in [4.78, 5) is 13.2. The van der Waals surface area contributed by atoms with Crippen molar-refractivity contribution in [3.05, 3.63) is 54.1 Å². The zero-order valence-corrected chi connectivity index (χ0v) is 15.6. The number of thioether (sulfide) groups is 1. The third-order valence-electron chi connectivity index (χ3n) is 3.74. The van der Waals surface area contributed by atoms with E-state index < -0.39 is 0 Å². The van der Waals surface area contributed by atoms with Gasteiger partial charge in [0.25, 0.3) is 0 Å². The molecule has 134 valence electrons. The smallest absolute Gasteiger partial charge is 0.220 e. The lowest BCUT2D eigenvalue weighted by atomic mass is 10.1. The highest BCUT2D eigenvalue weighted by molar-refractivity contribution is 7.99. The Kier molecular flexibility index (Phi) is 8.19. The first-order valence-electron chi connectivity index (χ1n) is 8.38. The maximum absolute atomic E-state index is 12.0. The van der Waals surface area contributed by atoms with Gasteiger partial charge in [-0.15, -0.1) is 11.8 Å². The summed E-state index contributed by atoms with van der Waals surface area (Å²) in [6.07, 6.45) is 2.12. The molecule has 0 atom stereocenters. The summed E-state index contributed by atoms with van der Waals surface area (Å²) in [6, 6.07) is 16.1. The van der Waals surface area contributed by atoms with Crippen molar-refractivity contribution in [1.29, 1.82) is 0 Å². The molecule has 2 aromatic rings. The summed E-state index contributed by atoms with van der Waals surface area (Å²) in [6.45, 7) is 0.713. The minimum atomic E-state index is 0.0829. The second kappa shape index (κ2) is 10.7. The van der Waals surface area contributed by atoms with Gasteiger partial charge < -0.3 is 14.8 Å². The molecule has 0 aromatic heterocycles. The quantitative estimate of drug-likeness (QED) is 0.516. The normalized spacial score (nSPS) is 10.3. The van der Waals surface area contributed by atoms with Gasteiger partial charge in [0, 0.05) is 17.9 Å². The first-order chi connectivity index (χ1) is 12.2. The maximum Gasteiger partial charge on any atom is 0.220 e. The second-order valence-corrected chi connectivity index (χ2v) is 6.72. The molecule has 2 aromatic carbocycles. The van der Waals surface area contributed by atoms with Crippen molar-refractivity contribution in [2.45, 2.75) is 24.2 Å². The van der Waals surface area contributed by atoms with Crippen LogP contribution in [0.3, 0.4) is 0 Å². The lowest BCUT2D eigenvalue weighted by molar-refractivity contribution is -0.121. The predicted octanol–water partition coefficient (Wildman–Crippen LogP) is 3.94. The number of methoxy groups -OCH3 is 2. The van der Waals surface area contributed by atoms with Crippen LogP contribution < -0.4 is 14.8 Å². The fourth-order valence-electron chi connectivity index (χ4n) is 2.39. The molecular formula is C20H25NO3S. The van der Waals surface area contributed by atoms with Crippen molar-refractivity contribution < 1.29 is 14.3 Å². The number of aryl methyl sites for hydroxylation is 1. The fraction of sp³-hybridized carbons (Fsp3) is 0.350. The van der Waals surface area contributed by atoms with Crippen molar-refractivity contribution in [1.82, 2.24) is 5.32 Å². The molecule has 2 rings (SSSR count). The van der Waals surface area contributed by atoms with Gasteiger partial charge in [-0.05, 0) is 48.4 Å². The molecule has 1 N–H and O–H groups in total. The summed E-state index contributed by atoms with van der Waals surface area (Å²) >= 11 is 1.81. The van der Waals surface area contributed by atoms with Gasteiger partial charge in [-0.25, -0.2) is 0 Å². The van der Waals surface area contributed by atoms with Crippen molar-refractivity contribution in [2.75, 3.05) is 26.5 Å². The van der Waals surface area contributed by atoms with Crippen LogP contribution in [0, 0.1) is 0 Å². The Balaban J connectivity index is 1.64. The van der Waals surface area contributed by atoms with E-state index in [1.807, 2.05) is 48.2 Å². The van der Waals surface area contributed by atoms with Gasteiger partial charge in [-0.2, -0.15) is 0 Å².